The van der Waals surface area contributed by atoms with E-state index in [4.69, 9.17) is 4.42 Å². The second-order valence-corrected chi connectivity index (χ2v) is 13.5. The number of furan rings is 1. The van der Waals surface area contributed by atoms with Gasteiger partial charge in [-0.25, -0.2) is 0 Å². The predicted molar refractivity (Wildman–Crippen MR) is 173 cm³/mol. The zero-order valence-electron chi connectivity index (χ0n) is 24.7. The smallest absolute Gasteiger partial charge is 0.136 e. The Hall–Kier alpha value is -4.30. The Morgan fingerprint density at radius 2 is 1.12 bits per heavy atom. The van der Waals surface area contributed by atoms with Crippen LogP contribution in [0.3, 0.4) is 0 Å². The Morgan fingerprint density at radius 1 is 0.488 bits per heavy atom. The molecule has 0 saturated heterocycles. The summed E-state index contributed by atoms with van der Waals surface area (Å²) < 4.78 is 8.87. The Kier molecular flexibility index (Phi) is 4.73. The van der Waals surface area contributed by atoms with Crippen LogP contribution in [0.4, 0.5) is 0 Å². The molecule has 0 amide bonds. The monoisotopic (exact) mass is 533 g/mol. The molecule has 202 valence electrons. The van der Waals surface area contributed by atoms with E-state index in [0.717, 1.165) is 21.9 Å². The molecule has 5 aromatic carbocycles. The van der Waals surface area contributed by atoms with Crippen LogP contribution >= 0.6 is 0 Å². The number of hydrogen-bond donors (Lipinski definition) is 0. The average Bonchev–Trinajstić information content (AvgIpc) is 3.52. The van der Waals surface area contributed by atoms with Crippen molar-refractivity contribution in [2.24, 2.45) is 5.41 Å². The molecule has 2 heterocycles. The van der Waals surface area contributed by atoms with Crippen molar-refractivity contribution in [1.29, 1.82) is 0 Å². The summed E-state index contributed by atoms with van der Waals surface area (Å²) in [6.45, 7) is 14.6. The highest BCUT2D eigenvalue weighted by atomic mass is 16.3. The van der Waals surface area contributed by atoms with Gasteiger partial charge in [-0.2, -0.15) is 0 Å². The average molecular weight is 534 g/mol. The molecule has 0 saturated carbocycles. The molecular weight excluding hydrogens is 498 g/mol. The van der Waals surface area contributed by atoms with Gasteiger partial charge >= 0.3 is 0 Å². The minimum atomic E-state index is 0.0248. The van der Waals surface area contributed by atoms with Gasteiger partial charge in [0.15, 0.2) is 0 Å². The number of para-hydroxylation sites is 1. The van der Waals surface area contributed by atoms with E-state index in [1.165, 1.54) is 49.7 Å². The van der Waals surface area contributed by atoms with Crippen molar-refractivity contribution in [3.05, 3.63) is 114 Å². The molecule has 0 atom stereocenters. The van der Waals surface area contributed by atoms with E-state index in [1.54, 1.807) is 0 Å². The van der Waals surface area contributed by atoms with Gasteiger partial charge in [0.05, 0.1) is 11.0 Å². The highest BCUT2D eigenvalue weighted by Gasteiger charge is 2.57. The molecule has 0 fully saturated rings. The van der Waals surface area contributed by atoms with E-state index in [1.807, 2.05) is 6.07 Å². The molecule has 0 N–H and O–H groups in total. The molecule has 2 aromatic heterocycles. The SMILES string of the molecule is CC1(C)c2cc3c4cc5oc6ccccc6c5cc4n(-c4cccc(-c5ccccc5)c4)c3cc2C(C)(C)C1(C)C. The third kappa shape index (κ3) is 3.08. The maximum atomic E-state index is 6.39. The fourth-order valence-corrected chi connectivity index (χ4v) is 7.50. The van der Waals surface area contributed by atoms with Crippen LogP contribution in [-0.2, 0) is 10.8 Å². The van der Waals surface area contributed by atoms with Crippen LogP contribution in [0.1, 0.15) is 52.7 Å². The van der Waals surface area contributed by atoms with E-state index in [-0.39, 0.29) is 16.2 Å². The fourth-order valence-electron chi connectivity index (χ4n) is 7.50. The van der Waals surface area contributed by atoms with Gasteiger partial charge in [0, 0.05) is 27.2 Å². The molecule has 0 radical (unpaired) electrons. The number of hydrogen-bond acceptors (Lipinski definition) is 1. The minimum absolute atomic E-state index is 0.0248. The first kappa shape index (κ1) is 24.5. The summed E-state index contributed by atoms with van der Waals surface area (Å²) in [7, 11) is 0. The zero-order chi connectivity index (χ0) is 28.3. The van der Waals surface area contributed by atoms with Crippen molar-refractivity contribution in [3.8, 4) is 16.8 Å². The van der Waals surface area contributed by atoms with Crippen molar-refractivity contribution in [3.63, 3.8) is 0 Å². The molecule has 1 aliphatic carbocycles. The van der Waals surface area contributed by atoms with Crippen molar-refractivity contribution >= 4 is 43.7 Å². The Labute approximate surface area is 241 Å². The van der Waals surface area contributed by atoms with Crippen LogP contribution in [0, 0.1) is 5.41 Å². The molecule has 2 heteroatoms. The van der Waals surface area contributed by atoms with Crippen molar-refractivity contribution < 1.29 is 4.42 Å². The number of rotatable bonds is 2. The summed E-state index contributed by atoms with van der Waals surface area (Å²) in [6.07, 6.45) is 0. The van der Waals surface area contributed by atoms with E-state index >= 15 is 0 Å². The molecule has 41 heavy (non-hydrogen) atoms. The van der Waals surface area contributed by atoms with Crippen LogP contribution in [0.2, 0.25) is 0 Å². The molecular formula is C39H35NO. The summed E-state index contributed by atoms with van der Waals surface area (Å²) in [6, 6.07) is 37.6. The minimum Gasteiger partial charge on any atom is -0.456 e. The zero-order valence-corrected chi connectivity index (χ0v) is 24.7. The van der Waals surface area contributed by atoms with Gasteiger partial charge in [-0.3, -0.25) is 0 Å². The molecule has 0 bridgehead atoms. The van der Waals surface area contributed by atoms with Crippen molar-refractivity contribution in [2.75, 3.05) is 0 Å². The van der Waals surface area contributed by atoms with Crippen LogP contribution in [0.15, 0.2) is 108 Å². The Bertz CT molecular complexity index is 2170. The lowest BCUT2D eigenvalue weighted by Gasteiger charge is -2.44. The van der Waals surface area contributed by atoms with Crippen LogP contribution in [0.5, 0.6) is 0 Å². The lowest BCUT2D eigenvalue weighted by molar-refractivity contribution is 0.125. The molecule has 7 aromatic rings. The first-order chi connectivity index (χ1) is 19.6. The van der Waals surface area contributed by atoms with Crippen LogP contribution in [-0.4, -0.2) is 4.57 Å². The maximum Gasteiger partial charge on any atom is 0.136 e. The normalized spacial score (nSPS) is 17.1. The quantitative estimate of drug-likeness (QED) is 0.216. The van der Waals surface area contributed by atoms with Gasteiger partial charge in [-0.05, 0) is 81.0 Å². The summed E-state index contributed by atoms with van der Waals surface area (Å²) >= 11 is 0. The predicted octanol–water partition coefficient (Wildman–Crippen LogP) is 10.9. The topological polar surface area (TPSA) is 18.1 Å². The molecule has 0 spiro atoms. The lowest BCUT2D eigenvalue weighted by Crippen LogP contribution is -2.42. The van der Waals surface area contributed by atoms with E-state index in [2.05, 4.69) is 143 Å². The molecule has 0 aliphatic heterocycles. The maximum absolute atomic E-state index is 6.39. The van der Waals surface area contributed by atoms with Crippen molar-refractivity contribution in [2.45, 2.75) is 52.4 Å². The highest BCUT2D eigenvalue weighted by Crippen LogP contribution is 2.62. The van der Waals surface area contributed by atoms with Gasteiger partial charge < -0.3 is 8.98 Å². The fraction of sp³-hybridized carbons (Fsp3) is 0.231. The summed E-state index contributed by atoms with van der Waals surface area (Å²) in [4.78, 5) is 0. The Morgan fingerprint density at radius 3 is 1.90 bits per heavy atom. The van der Waals surface area contributed by atoms with Gasteiger partial charge in [-0.15, -0.1) is 0 Å². The third-order valence-electron chi connectivity index (χ3n) is 11.1. The van der Waals surface area contributed by atoms with Gasteiger partial charge in [0.25, 0.3) is 0 Å². The molecule has 8 rings (SSSR count). The van der Waals surface area contributed by atoms with Gasteiger partial charge in [0.1, 0.15) is 11.2 Å². The molecule has 2 nitrogen and oxygen atoms in total. The summed E-state index contributed by atoms with van der Waals surface area (Å²) in [5.74, 6) is 0. The highest BCUT2D eigenvalue weighted by molar-refractivity contribution is 6.17. The van der Waals surface area contributed by atoms with E-state index in [0.29, 0.717) is 0 Å². The number of nitrogens with zero attached hydrogens (tertiary/aromatic N) is 1. The van der Waals surface area contributed by atoms with E-state index < -0.39 is 0 Å². The summed E-state index contributed by atoms with van der Waals surface area (Å²) in [5, 5.41) is 4.84. The largest absolute Gasteiger partial charge is 0.456 e. The molecule has 0 unspecified atom stereocenters. The van der Waals surface area contributed by atoms with Crippen LogP contribution < -0.4 is 0 Å². The third-order valence-corrected chi connectivity index (χ3v) is 11.1. The van der Waals surface area contributed by atoms with Gasteiger partial charge in [0.2, 0.25) is 0 Å². The van der Waals surface area contributed by atoms with Crippen LogP contribution in [0.25, 0.3) is 60.6 Å². The second kappa shape index (κ2) is 7.91. The van der Waals surface area contributed by atoms with Crippen molar-refractivity contribution in [1.82, 2.24) is 4.57 Å². The Balaban J connectivity index is 1.52. The second-order valence-electron chi connectivity index (χ2n) is 13.5. The number of aromatic nitrogens is 1. The lowest BCUT2D eigenvalue weighted by atomic mass is 9.59. The molecule has 1 aliphatic rings. The van der Waals surface area contributed by atoms with E-state index in [9.17, 15) is 0 Å². The standard InChI is InChI=1S/C39H35NO/c1-37(2)31-20-28-29-22-36-30(27-17-10-11-18-35(27)41-36)21-33(29)40(34(28)23-32(31)38(3,4)39(37,5)6)26-16-12-15-25(19-26)24-13-8-7-9-14-24/h7-23H,1-6H3. The number of benzene rings is 5. The first-order valence-electron chi connectivity index (χ1n) is 14.7. The van der Waals surface area contributed by atoms with Gasteiger partial charge in [-0.1, -0.05) is 102 Å². The number of fused-ring (bicyclic) bond motifs is 7. The first-order valence-corrected chi connectivity index (χ1v) is 14.7. The summed E-state index contributed by atoms with van der Waals surface area (Å²) in [5.41, 5.74) is 11.0.